The van der Waals surface area contributed by atoms with Gasteiger partial charge in [-0.1, -0.05) is 13.0 Å². The van der Waals surface area contributed by atoms with E-state index in [-0.39, 0.29) is 17.8 Å². The molecule has 0 unspecified atom stereocenters. The summed E-state index contributed by atoms with van der Waals surface area (Å²) in [6.45, 7) is 10.7. The highest BCUT2D eigenvalue weighted by Gasteiger charge is 2.25. The van der Waals surface area contributed by atoms with Crippen molar-refractivity contribution in [3.63, 3.8) is 0 Å². The Morgan fingerprint density at radius 2 is 2.00 bits per heavy atom. The van der Waals surface area contributed by atoms with Gasteiger partial charge in [0.25, 0.3) is 0 Å². The number of nitrogens with zero attached hydrogens (tertiary/aromatic N) is 2. The fraction of sp³-hybridized carbons (Fsp3) is 0.588. The second kappa shape index (κ2) is 7.70. The molecule has 1 aliphatic rings. The number of nitrogens with one attached hydrogen (secondary N) is 1. The molecule has 1 N–H and O–H groups in total. The molecule has 22 heavy (non-hydrogen) atoms. The molecule has 2 rings (SSSR count). The van der Waals surface area contributed by atoms with Crippen LogP contribution in [-0.4, -0.2) is 54.5 Å². The van der Waals surface area contributed by atoms with Crippen LogP contribution in [0.2, 0.25) is 0 Å². The SMILES string of the molecule is CCCN1CCN([C@@H](C)C(=O)Nc2ccc(C)c(F)c2)CC1. The maximum atomic E-state index is 13.5. The molecule has 1 aromatic carbocycles. The van der Waals surface area contributed by atoms with Gasteiger partial charge in [0.2, 0.25) is 5.91 Å². The number of carbonyl (C=O) groups is 1. The molecule has 4 nitrogen and oxygen atoms in total. The smallest absolute Gasteiger partial charge is 0.241 e. The van der Waals surface area contributed by atoms with Gasteiger partial charge < -0.3 is 10.2 Å². The molecule has 1 amide bonds. The first-order valence-electron chi connectivity index (χ1n) is 8.04. The van der Waals surface area contributed by atoms with Gasteiger partial charge >= 0.3 is 0 Å². The monoisotopic (exact) mass is 307 g/mol. The maximum Gasteiger partial charge on any atom is 0.241 e. The van der Waals surface area contributed by atoms with Crippen molar-refractivity contribution in [2.75, 3.05) is 38.0 Å². The summed E-state index contributed by atoms with van der Waals surface area (Å²) in [7, 11) is 0. The van der Waals surface area contributed by atoms with Crippen molar-refractivity contribution in [3.8, 4) is 0 Å². The zero-order valence-corrected chi connectivity index (χ0v) is 13.7. The molecule has 0 radical (unpaired) electrons. The number of benzene rings is 1. The van der Waals surface area contributed by atoms with E-state index in [0.717, 1.165) is 39.1 Å². The van der Waals surface area contributed by atoms with Crippen LogP contribution in [0.4, 0.5) is 10.1 Å². The predicted octanol–water partition coefficient (Wildman–Crippen LogP) is 2.49. The zero-order valence-electron chi connectivity index (χ0n) is 13.7. The summed E-state index contributed by atoms with van der Waals surface area (Å²) in [6.07, 6.45) is 1.16. The summed E-state index contributed by atoms with van der Waals surface area (Å²) < 4.78 is 13.5. The Bertz CT molecular complexity index is 513. The fourth-order valence-electron chi connectivity index (χ4n) is 2.77. The molecule has 0 saturated carbocycles. The highest BCUT2D eigenvalue weighted by atomic mass is 19.1. The van der Waals surface area contributed by atoms with Crippen LogP contribution in [0.15, 0.2) is 18.2 Å². The highest BCUT2D eigenvalue weighted by molar-refractivity contribution is 5.94. The van der Waals surface area contributed by atoms with Gasteiger partial charge in [-0.05, 0) is 44.5 Å². The van der Waals surface area contributed by atoms with Crippen molar-refractivity contribution in [1.29, 1.82) is 0 Å². The fourth-order valence-corrected chi connectivity index (χ4v) is 2.77. The molecular formula is C17H26FN3O. The van der Waals surface area contributed by atoms with Crippen molar-refractivity contribution in [2.24, 2.45) is 0 Å². The number of hydrogen-bond donors (Lipinski definition) is 1. The van der Waals surface area contributed by atoms with Crippen LogP contribution in [0.5, 0.6) is 0 Å². The second-order valence-electron chi connectivity index (χ2n) is 6.01. The first-order chi connectivity index (χ1) is 10.5. The molecule has 0 aliphatic carbocycles. The Hall–Kier alpha value is -1.46. The van der Waals surface area contributed by atoms with Gasteiger partial charge in [0.1, 0.15) is 5.82 Å². The molecule has 0 bridgehead atoms. The summed E-state index contributed by atoms with van der Waals surface area (Å²) >= 11 is 0. The van der Waals surface area contributed by atoms with Crippen LogP contribution < -0.4 is 5.32 Å². The first kappa shape index (κ1) is 16.9. The Balaban J connectivity index is 1.88. The number of amides is 1. The Kier molecular flexibility index (Phi) is 5.91. The Morgan fingerprint density at radius 3 is 2.59 bits per heavy atom. The lowest BCUT2D eigenvalue weighted by atomic mass is 10.2. The number of halogens is 1. The van der Waals surface area contributed by atoms with E-state index in [1.807, 2.05) is 6.92 Å². The van der Waals surface area contributed by atoms with Crippen LogP contribution in [0, 0.1) is 12.7 Å². The summed E-state index contributed by atoms with van der Waals surface area (Å²) in [5.74, 6) is -0.370. The summed E-state index contributed by atoms with van der Waals surface area (Å²) in [4.78, 5) is 16.9. The average molecular weight is 307 g/mol. The van der Waals surface area contributed by atoms with Crippen molar-refractivity contribution < 1.29 is 9.18 Å². The maximum absolute atomic E-state index is 13.5. The minimum Gasteiger partial charge on any atom is -0.325 e. The third kappa shape index (κ3) is 4.27. The van der Waals surface area contributed by atoms with Crippen LogP contribution >= 0.6 is 0 Å². The van der Waals surface area contributed by atoms with E-state index < -0.39 is 0 Å². The lowest BCUT2D eigenvalue weighted by molar-refractivity contribution is -0.121. The van der Waals surface area contributed by atoms with Crippen molar-refractivity contribution >= 4 is 11.6 Å². The molecule has 1 atom stereocenters. The van der Waals surface area contributed by atoms with Crippen molar-refractivity contribution in [2.45, 2.75) is 33.2 Å². The second-order valence-corrected chi connectivity index (χ2v) is 6.01. The molecule has 1 aromatic rings. The zero-order chi connectivity index (χ0) is 16.1. The lowest BCUT2D eigenvalue weighted by Gasteiger charge is -2.37. The molecule has 1 fully saturated rings. The Labute approximate surface area is 132 Å². The number of carbonyl (C=O) groups excluding carboxylic acids is 1. The molecule has 1 heterocycles. The van der Waals surface area contributed by atoms with Gasteiger partial charge in [0.05, 0.1) is 6.04 Å². The van der Waals surface area contributed by atoms with E-state index in [2.05, 4.69) is 22.0 Å². The number of piperazine rings is 1. The number of rotatable bonds is 5. The molecule has 1 aliphatic heterocycles. The normalized spacial score (nSPS) is 18.2. The molecule has 5 heteroatoms. The molecule has 0 aromatic heterocycles. The van der Waals surface area contributed by atoms with E-state index in [0.29, 0.717) is 11.3 Å². The number of hydrogen-bond acceptors (Lipinski definition) is 3. The summed E-state index contributed by atoms with van der Waals surface area (Å²) in [5, 5.41) is 2.81. The molecular weight excluding hydrogens is 281 g/mol. The van der Waals surface area contributed by atoms with Crippen molar-refractivity contribution in [1.82, 2.24) is 9.80 Å². The third-order valence-electron chi connectivity index (χ3n) is 4.31. The third-order valence-corrected chi connectivity index (χ3v) is 4.31. The van der Waals surface area contributed by atoms with Crippen LogP contribution in [0.25, 0.3) is 0 Å². The standard InChI is InChI=1S/C17H26FN3O/c1-4-7-20-8-10-21(11-9-20)14(3)17(22)19-15-6-5-13(2)16(18)12-15/h5-6,12,14H,4,7-11H2,1-3H3,(H,19,22)/t14-/m0/s1. The van der Waals surface area contributed by atoms with Gasteiger partial charge in [0, 0.05) is 31.9 Å². The van der Waals surface area contributed by atoms with Gasteiger partial charge in [-0.25, -0.2) is 4.39 Å². The number of aryl methyl sites for hydroxylation is 1. The van der Waals surface area contributed by atoms with E-state index in [1.54, 1.807) is 19.1 Å². The van der Waals surface area contributed by atoms with E-state index >= 15 is 0 Å². The predicted molar refractivity (Wildman–Crippen MR) is 87.5 cm³/mol. The largest absolute Gasteiger partial charge is 0.325 e. The van der Waals surface area contributed by atoms with Gasteiger partial charge in [-0.3, -0.25) is 9.69 Å². The van der Waals surface area contributed by atoms with Crippen LogP contribution in [0.1, 0.15) is 25.8 Å². The average Bonchev–Trinajstić information content (AvgIpc) is 2.51. The quantitative estimate of drug-likeness (QED) is 0.908. The van der Waals surface area contributed by atoms with Gasteiger partial charge in [0.15, 0.2) is 0 Å². The van der Waals surface area contributed by atoms with Crippen LogP contribution in [-0.2, 0) is 4.79 Å². The molecule has 122 valence electrons. The summed E-state index contributed by atoms with van der Waals surface area (Å²) in [6, 6.07) is 4.59. The first-order valence-corrected chi connectivity index (χ1v) is 8.04. The molecule has 0 spiro atoms. The van der Waals surface area contributed by atoms with E-state index in [9.17, 15) is 9.18 Å². The Morgan fingerprint density at radius 1 is 1.32 bits per heavy atom. The minimum atomic E-state index is -0.293. The van der Waals surface area contributed by atoms with Crippen LogP contribution in [0.3, 0.4) is 0 Å². The van der Waals surface area contributed by atoms with E-state index in [1.165, 1.54) is 6.07 Å². The topological polar surface area (TPSA) is 35.6 Å². The molecule has 1 saturated heterocycles. The van der Waals surface area contributed by atoms with E-state index in [4.69, 9.17) is 0 Å². The minimum absolute atomic E-state index is 0.0767. The van der Waals surface area contributed by atoms with Gasteiger partial charge in [-0.2, -0.15) is 0 Å². The lowest BCUT2D eigenvalue weighted by Crippen LogP contribution is -2.52. The van der Waals surface area contributed by atoms with Gasteiger partial charge in [-0.15, -0.1) is 0 Å². The summed E-state index contributed by atoms with van der Waals surface area (Å²) in [5.41, 5.74) is 1.10. The van der Waals surface area contributed by atoms with Crippen molar-refractivity contribution in [3.05, 3.63) is 29.6 Å². The number of anilines is 1. The highest BCUT2D eigenvalue weighted by Crippen LogP contribution is 2.15.